The smallest absolute Gasteiger partial charge is 0.410 e. The van der Waals surface area contributed by atoms with E-state index in [1.165, 1.54) is 22.3 Å². The molecule has 2 unspecified atom stereocenters. The fourth-order valence-corrected chi connectivity index (χ4v) is 6.19. The summed E-state index contributed by atoms with van der Waals surface area (Å²) in [5.74, 6) is 0.758. The van der Waals surface area contributed by atoms with Gasteiger partial charge in [0.1, 0.15) is 6.61 Å². The second-order valence-corrected chi connectivity index (χ2v) is 9.34. The molecule has 3 heterocycles. The minimum Gasteiger partial charge on any atom is -0.448 e. The van der Waals surface area contributed by atoms with E-state index in [4.69, 9.17) is 9.47 Å². The van der Waals surface area contributed by atoms with Gasteiger partial charge in [-0.1, -0.05) is 60.2 Å². The van der Waals surface area contributed by atoms with E-state index in [1.54, 1.807) is 5.57 Å². The fourth-order valence-electron chi connectivity index (χ4n) is 6.19. The number of rotatable bonds is 3. The molecule has 2 fully saturated rings. The van der Waals surface area contributed by atoms with Gasteiger partial charge in [-0.2, -0.15) is 0 Å². The molecular weight excluding hydrogens is 386 g/mol. The Morgan fingerprint density at radius 3 is 2.29 bits per heavy atom. The molecule has 0 N–H and O–H groups in total. The number of ether oxygens (including phenoxy) is 2. The largest absolute Gasteiger partial charge is 0.448 e. The number of hydrogen-bond acceptors (Lipinski definition) is 3. The minimum absolute atomic E-state index is 0.118. The van der Waals surface area contributed by atoms with Crippen LogP contribution in [0.1, 0.15) is 49.1 Å². The van der Waals surface area contributed by atoms with Gasteiger partial charge in [-0.15, -0.1) is 0 Å². The van der Waals surface area contributed by atoms with E-state index < -0.39 is 0 Å². The summed E-state index contributed by atoms with van der Waals surface area (Å²) in [7, 11) is 0. The van der Waals surface area contributed by atoms with Crippen LogP contribution in [0.25, 0.3) is 11.1 Å². The first kappa shape index (κ1) is 19.1. The molecule has 6 rings (SSSR count). The summed E-state index contributed by atoms with van der Waals surface area (Å²) < 4.78 is 11.5. The Hall–Kier alpha value is -2.59. The van der Waals surface area contributed by atoms with E-state index in [9.17, 15) is 4.79 Å². The molecule has 1 amide bonds. The molecule has 4 nitrogen and oxygen atoms in total. The maximum Gasteiger partial charge on any atom is 0.410 e. The highest BCUT2D eigenvalue weighted by Gasteiger charge is 2.42. The summed E-state index contributed by atoms with van der Waals surface area (Å²) in [4.78, 5) is 15.2. The van der Waals surface area contributed by atoms with Crippen molar-refractivity contribution in [2.75, 3.05) is 19.8 Å². The van der Waals surface area contributed by atoms with Gasteiger partial charge in [-0.05, 0) is 60.3 Å². The van der Waals surface area contributed by atoms with Gasteiger partial charge in [0.25, 0.3) is 0 Å². The first-order chi connectivity index (χ1) is 15.3. The zero-order valence-corrected chi connectivity index (χ0v) is 17.8. The van der Waals surface area contributed by atoms with Crippen LogP contribution < -0.4 is 0 Å². The Balaban J connectivity index is 1.17. The molecule has 2 saturated heterocycles. The van der Waals surface area contributed by atoms with Crippen molar-refractivity contribution in [1.29, 1.82) is 0 Å². The van der Waals surface area contributed by atoms with Crippen molar-refractivity contribution in [2.24, 2.45) is 5.92 Å². The van der Waals surface area contributed by atoms with Crippen LogP contribution >= 0.6 is 0 Å². The van der Waals surface area contributed by atoms with E-state index in [0.29, 0.717) is 18.6 Å². The molecule has 0 radical (unpaired) electrons. The van der Waals surface area contributed by atoms with Crippen molar-refractivity contribution < 1.29 is 14.3 Å². The lowest BCUT2D eigenvalue weighted by molar-refractivity contribution is 0.0675. The maximum absolute atomic E-state index is 13.2. The van der Waals surface area contributed by atoms with E-state index in [-0.39, 0.29) is 18.1 Å². The summed E-state index contributed by atoms with van der Waals surface area (Å²) in [6.07, 6.45) is 7.62. The monoisotopic (exact) mass is 415 g/mol. The zero-order chi connectivity index (χ0) is 20.8. The molecule has 2 bridgehead atoms. The van der Waals surface area contributed by atoms with E-state index >= 15 is 0 Å². The van der Waals surface area contributed by atoms with Crippen LogP contribution in [0.3, 0.4) is 0 Å². The van der Waals surface area contributed by atoms with Crippen LogP contribution in [0.15, 0.2) is 60.2 Å². The highest BCUT2D eigenvalue weighted by molar-refractivity contribution is 5.79. The lowest BCUT2D eigenvalue weighted by Crippen LogP contribution is -2.44. The van der Waals surface area contributed by atoms with Gasteiger partial charge >= 0.3 is 6.09 Å². The van der Waals surface area contributed by atoms with Crippen LogP contribution in [-0.4, -0.2) is 42.9 Å². The predicted molar refractivity (Wildman–Crippen MR) is 120 cm³/mol. The molecule has 2 aromatic carbocycles. The molecule has 4 heteroatoms. The highest BCUT2D eigenvalue weighted by Crippen LogP contribution is 2.45. The van der Waals surface area contributed by atoms with E-state index in [0.717, 1.165) is 45.3 Å². The zero-order valence-electron chi connectivity index (χ0n) is 17.8. The molecule has 0 spiro atoms. The van der Waals surface area contributed by atoms with Crippen molar-refractivity contribution in [3.63, 3.8) is 0 Å². The third kappa shape index (κ3) is 3.28. The molecule has 3 aliphatic heterocycles. The molecule has 31 heavy (non-hydrogen) atoms. The van der Waals surface area contributed by atoms with E-state index in [1.807, 2.05) is 4.90 Å². The average Bonchev–Trinajstić information content (AvgIpc) is 3.29. The Bertz CT molecular complexity index is 977. The van der Waals surface area contributed by atoms with E-state index in [2.05, 4.69) is 54.6 Å². The van der Waals surface area contributed by atoms with Crippen LogP contribution in [0, 0.1) is 5.92 Å². The molecule has 0 saturated carbocycles. The number of hydrogen-bond donors (Lipinski definition) is 0. The Morgan fingerprint density at radius 2 is 1.61 bits per heavy atom. The van der Waals surface area contributed by atoms with Gasteiger partial charge in [-0.25, -0.2) is 4.79 Å². The molecule has 2 atom stereocenters. The number of carbonyl (C=O) groups excluding carboxylic acids is 1. The van der Waals surface area contributed by atoms with Crippen LogP contribution in [0.4, 0.5) is 4.79 Å². The second kappa shape index (κ2) is 7.83. The standard InChI is InChI=1S/C27H29NO3/c29-27(28-20-9-10-21(28)16-19(15-20)18-11-13-30-14-12-18)31-17-26-24-7-3-1-5-22(24)23-6-2-4-8-25(23)26/h1-8,15,18,20-21,26H,9-14,16-17H2. The number of nitrogens with zero attached hydrogens (tertiary/aromatic N) is 1. The first-order valence-electron chi connectivity index (χ1n) is 11.7. The Labute approximate surface area is 183 Å². The van der Waals surface area contributed by atoms with Crippen molar-refractivity contribution in [2.45, 2.75) is 50.1 Å². The molecule has 2 aromatic rings. The maximum atomic E-state index is 13.2. The molecule has 4 aliphatic rings. The van der Waals surface area contributed by atoms with Crippen LogP contribution in [0.5, 0.6) is 0 Å². The minimum atomic E-state index is -0.142. The number of fused-ring (bicyclic) bond motifs is 5. The summed E-state index contributed by atoms with van der Waals surface area (Å²) >= 11 is 0. The number of amides is 1. The summed E-state index contributed by atoms with van der Waals surface area (Å²) in [5, 5.41) is 0. The molecular formula is C27H29NO3. The Kier molecular flexibility index (Phi) is 4.83. The van der Waals surface area contributed by atoms with Gasteiger partial charge in [-0.3, -0.25) is 4.90 Å². The molecule has 0 aromatic heterocycles. The third-order valence-electron chi connectivity index (χ3n) is 7.72. The van der Waals surface area contributed by atoms with Crippen LogP contribution in [0.2, 0.25) is 0 Å². The summed E-state index contributed by atoms with van der Waals surface area (Å²) in [6, 6.07) is 17.5. The SMILES string of the molecule is O=C(OCC1c2ccccc2-c2ccccc21)N1C2C=C(C3CCOCC3)CC1CC2. The van der Waals surface area contributed by atoms with Crippen molar-refractivity contribution in [3.05, 3.63) is 71.3 Å². The lowest BCUT2D eigenvalue weighted by atomic mass is 9.85. The highest BCUT2D eigenvalue weighted by atomic mass is 16.6. The first-order valence-corrected chi connectivity index (χ1v) is 11.7. The fraction of sp³-hybridized carbons (Fsp3) is 0.444. The van der Waals surface area contributed by atoms with Gasteiger partial charge in [0.15, 0.2) is 0 Å². The molecule has 1 aliphatic carbocycles. The third-order valence-corrected chi connectivity index (χ3v) is 7.72. The second-order valence-electron chi connectivity index (χ2n) is 9.34. The van der Waals surface area contributed by atoms with Crippen LogP contribution in [-0.2, 0) is 9.47 Å². The topological polar surface area (TPSA) is 38.8 Å². The predicted octanol–water partition coefficient (Wildman–Crippen LogP) is 5.53. The molecule has 160 valence electrons. The summed E-state index contributed by atoms with van der Waals surface area (Å²) in [6.45, 7) is 2.14. The quantitative estimate of drug-likeness (QED) is 0.619. The van der Waals surface area contributed by atoms with Crippen molar-refractivity contribution in [3.8, 4) is 11.1 Å². The van der Waals surface area contributed by atoms with Crippen molar-refractivity contribution in [1.82, 2.24) is 4.90 Å². The van der Waals surface area contributed by atoms with Crippen molar-refractivity contribution >= 4 is 6.09 Å². The van der Waals surface area contributed by atoms with Gasteiger partial charge in [0.05, 0.1) is 6.04 Å². The van der Waals surface area contributed by atoms with Gasteiger partial charge in [0, 0.05) is 25.2 Å². The lowest BCUT2D eigenvalue weighted by Gasteiger charge is -2.36. The summed E-state index contributed by atoms with van der Waals surface area (Å²) in [5.41, 5.74) is 6.61. The Morgan fingerprint density at radius 1 is 0.935 bits per heavy atom. The normalized spacial score (nSPS) is 25.2. The number of benzene rings is 2. The van der Waals surface area contributed by atoms with Gasteiger partial charge in [0.2, 0.25) is 0 Å². The average molecular weight is 416 g/mol. The van der Waals surface area contributed by atoms with Gasteiger partial charge < -0.3 is 9.47 Å². The number of carbonyl (C=O) groups is 1.